The molecule has 3 heteroatoms. The molecule has 18 heavy (non-hydrogen) atoms. The summed E-state index contributed by atoms with van der Waals surface area (Å²) in [5.41, 5.74) is 2.47. The molecule has 0 aromatic heterocycles. The number of rotatable bonds is 4. The minimum atomic E-state index is 0.411. The van der Waals surface area contributed by atoms with Crippen molar-refractivity contribution in [3.05, 3.63) is 27.7 Å². The first-order valence-electron chi connectivity index (χ1n) is 6.81. The molecule has 0 unspecified atom stereocenters. The molecule has 0 heterocycles. The highest BCUT2D eigenvalue weighted by atomic mass is 79.9. The van der Waals surface area contributed by atoms with E-state index < -0.39 is 0 Å². The van der Waals surface area contributed by atoms with Gasteiger partial charge in [-0.05, 0) is 57.4 Å². The Hall–Kier alpha value is -0.540. The van der Waals surface area contributed by atoms with Crippen LogP contribution < -0.4 is 10.1 Å². The molecule has 1 aromatic carbocycles. The molecule has 1 N–H and O–H groups in total. The third-order valence-corrected chi connectivity index (χ3v) is 3.98. The second-order valence-electron chi connectivity index (χ2n) is 5.12. The molecular weight excluding hydrogens is 290 g/mol. The van der Waals surface area contributed by atoms with Crippen LogP contribution in [0, 0.1) is 6.92 Å². The van der Waals surface area contributed by atoms with Gasteiger partial charge in [0.1, 0.15) is 5.75 Å². The maximum Gasteiger partial charge on any atom is 0.127 e. The van der Waals surface area contributed by atoms with Gasteiger partial charge in [-0.3, -0.25) is 0 Å². The van der Waals surface area contributed by atoms with Gasteiger partial charge >= 0.3 is 0 Å². The third kappa shape index (κ3) is 3.48. The Morgan fingerprint density at radius 3 is 2.67 bits per heavy atom. The molecule has 1 saturated carbocycles. The summed E-state index contributed by atoms with van der Waals surface area (Å²) in [7, 11) is 1.97. The summed E-state index contributed by atoms with van der Waals surface area (Å²) in [5.74, 6) is 1.08. The molecule has 0 saturated heterocycles. The Kier molecular flexibility index (Phi) is 5.07. The van der Waals surface area contributed by atoms with Crippen LogP contribution in [0.15, 0.2) is 16.6 Å². The van der Waals surface area contributed by atoms with E-state index in [1.54, 1.807) is 0 Å². The number of nitrogens with one attached hydrogen (secondary N) is 1. The van der Waals surface area contributed by atoms with E-state index in [1.807, 2.05) is 7.05 Å². The van der Waals surface area contributed by atoms with Gasteiger partial charge in [0.2, 0.25) is 0 Å². The second-order valence-corrected chi connectivity index (χ2v) is 6.03. The third-order valence-electron chi connectivity index (χ3n) is 3.52. The number of aryl methyl sites for hydroxylation is 1. The molecule has 0 radical (unpaired) electrons. The second kappa shape index (κ2) is 6.58. The van der Waals surface area contributed by atoms with Crippen LogP contribution in [0.25, 0.3) is 0 Å². The van der Waals surface area contributed by atoms with E-state index in [2.05, 4.69) is 40.3 Å². The van der Waals surface area contributed by atoms with Crippen LogP contribution in [0.3, 0.4) is 0 Å². The standard InChI is InChI=1S/C15H22BrNO/c1-11-8-13(16)9-12(10-17-2)15(11)18-14-6-4-3-5-7-14/h8-9,14,17H,3-7,10H2,1-2H3. The first-order valence-corrected chi connectivity index (χ1v) is 7.60. The number of halogens is 1. The highest BCUT2D eigenvalue weighted by Crippen LogP contribution is 2.31. The summed E-state index contributed by atoms with van der Waals surface area (Å²) < 4.78 is 7.39. The predicted molar refractivity (Wildman–Crippen MR) is 79.1 cm³/mol. The maximum atomic E-state index is 6.26. The van der Waals surface area contributed by atoms with E-state index in [4.69, 9.17) is 4.74 Å². The fourth-order valence-electron chi connectivity index (χ4n) is 2.64. The number of hydrogen-bond donors (Lipinski definition) is 1. The van der Waals surface area contributed by atoms with Gasteiger partial charge in [-0.15, -0.1) is 0 Å². The summed E-state index contributed by atoms with van der Waals surface area (Å²) in [5, 5.41) is 3.22. The average molecular weight is 312 g/mol. The zero-order chi connectivity index (χ0) is 13.0. The van der Waals surface area contributed by atoms with Crippen molar-refractivity contribution in [3.8, 4) is 5.75 Å². The van der Waals surface area contributed by atoms with Crippen molar-refractivity contribution in [2.75, 3.05) is 7.05 Å². The SMILES string of the molecule is CNCc1cc(Br)cc(C)c1OC1CCCCC1. The molecule has 2 nitrogen and oxygen atoms in total. The quantitative estimate of drug-likeness (QED) is 0.900. The zero-order valence-corrected chi connectivity index (χ0v) is 12.8. The topological polar surface area (TPSA) is 21.3 Å². The molecule has 100 valence electrons. The van der Waals surface area contributed by atoms with E-state index in [-0.39, 0.29) is 0 Å². The highest BCUT2D eigenvalue weighted by molar-refractivity contribution is 9.10. The lowest BCUT2D eigenvalue weighted by molar-refractivity contribution is 0.152. The predicted octanol–water partition coefficient (Wildman–Crippen LogP) is 4.19. The Morgan fingerprint density at radius 2 is 2.00 bits per heavy atom. The first-order chi connectivity index (χ1) is 8.70. The lowest BCUT2D eigenvalue weighted by Gasteiger charge is -2.25. The van der Waals surface area contributed by atoms with E-state index in [0.717, 1.165) is 16.8 Å². The Labute approximate surface area is 118 Å². The van der Waals surface area contributed by atoms with Crippen LogP contribution in [0.5, 0.6) is 5.75 Å². The summed E-state index contributed by atoms with van der Waals surface area (Å²) >= 11 is 3.56. The number of ether oxygens (including phenoxy) is 1. The fraction of sp³-hybridized carbons (Fsp3) is 0.600. The van der Waals surface area contributed by atoms with Gasteiger partial charge in [0.25, 0.3) is 0 Å². The number of benzene rings is 1. The maximum absolute atomic E-state index is 6.26. The minimum absolute atomic E-state index is 0.411. The van der Waals surface area contributed by atoms with Crippen LogP contribution >= 0.6 is 15.9 Å². The average Bonchev–Trinajstić information content (AvgIpc) is 2.35. The van der Waals surface area contributed by atoms with E-state index in [0.29, 0.717) is 6.10 Å². The van der Waals surface area contributed by atoms with Crippen molar-refractivity contribution in [1.29, 1.82) is 0 Å². The van der Waals surface area contributed by atoms with Crippen LogP contribution in [0.2, 0.25) is 0 Å². The van der Waals surface area contributed by atoms with Crippen molar-refractivity contribution in [2.24, 2.45) is 0 Å². The first kappa shape index (κ1) is 13.9. The van der Waals surface area contributed by atoms with E-state index >= 15 is 0 Å². The molecule has 1 aliphatic carbocycles. The monoisotopic (exact) mass is 311 g/mol. The molecule has 0 atom stereocenters. The van der Waals surface area contributed by atoms with Crippen LogP contribution in [0.4, 0.5) is 0 Å². The van der Waals surface area contributed by atoms with Gasteiger partial charge in [-0.1, -0.05) is 22.4 Å². The van der Waals surface area contributed by atoms with Gasteiger partial charge in [0, 0.05) is 16.6 Å². The molecule has 1 aromatic rings. The summed E-state index contributed by atoms with van der Waals surface area (Å²) in [6, 6.07) is 4.29. The molecule has 2 rings (SSSR count). The van der Waals surface area contributed by atoms with E-state index in [9.17, 15) is 0 Å². The fourth-order valence-corrected chi connectivity index (χ4v) is 3.26. The molecule has 0 bridgehead atoms. The van der Waals surface area contributed by atoms with E-state index in [1.165, 1.54) is 43.2 Å². The summed E-state index contributed by atoms with van der Waals surface area (Å²) in [6.45, 7) is 2.98. The largest absolute Gasteiger partial charge is 0.490 e. The zero-order valence-electron chi connectivity index (χ0n) is 11.3. The van der Waals surface area contributed by atoms with Crippen LogP contribution in [-0.4, -0.2) is 13.2 Å². The summed E-state index contributed by atoms with van der Waals surface area (Å²) in [6.07, 6.45) is 6.80. The van der Waals surface area contributed by atoms with Gasteiger partial charge in [0.05, 0.1) is 6.10 Å². The molecule has 0 spiro atoms. The highest BCUT2D eigenvalue weighted by Gasteiger charge is 2.18. The molecular formula is C15H22BrNO. The molecule has 1 fully saturated rings. The van der Waals surface area contributed by atoms with Gasteiger partial charge in [-0.2, -0.15) is 0 Å². The van der Waals surface area contributed by atoms with Crippen LogP contribution in [-0.2, 0) is 6.54 Å². The van der Waals surface area contributed by atoms with Crippen molar-refractivity contribution in [3.63, 3.8) is 0 Å². The van der Waals surface area contributed by atoms with Gasteiger partial charge in [0.15, 0.2) is 0 Å². The smallest absolute Gasteiger partial charge is 0.127 e. The Balaban J connectivity index is 2.18. The Morgan fingerprint density at radius 1 is 1.28 bits per heavy atom. The Bertz CT molecular complexity index is 400. The van der Waals surface area contributed by atoms with Crippen molar-refractivity contribution in [1.82, 2.24) is 5.32 Å². The molecule has 0 amide bonds. The summed E-state index contributed by atoms with van der Waals surface area (Å²) in [4.78, 5) is 0. The lowest BCUT2D eigenvalue weighted by Crippen LogP contribution is -2.21. The lowest BCUT2D eigenvalue weighted by atomic mass is 9.97. The minimum Gasteiger partial charge on any atom is -0.490 e. The molecule has 0 aliphatic heterocycles. The van der Waals surface area contributed by atoms with Crippen molar-refractivity contribution in [2.45, 2.75) is 51.7 Å². The number of hydrogen-bond acceptors (Lipinski definition) is 2. The van der Waals surface area contributed by atoms with Gasteiger partial charge in [-0.25, -0.2) is 0 Å². The van der Waals surface area contributed by atoms with Crippen molar-refractivity contribution >= 4 is 15.9 Å². The molecule has 1 aliphatic rings. The van der Waals surface area contributed by atoms with Gasteiger partial charge < -0.3 is 10.1 Å². The van der Waals surface area contributed by atoms with Crippen LogP contribution in [0.1, 0.15) is 43.2 Å². The normalized spacial score (nSPS) is 16.8. The van der Waals surface area contributed by atoms with Crippen molar-refractivity contribution < 1.29 is 4.74 Å².